The number of imide groups is 1. The second kappa shape index (κ2) is 4.89. The number of amides is 2. The summed E-state index contributed by atoms with van der Waals surface area (Å²) in [5, 5.41) is 0.548. The lowest BCUT2D eigenvalue weighted by molar-refractivity contribution is -0.153. The fraction of sp³-hybridized carbons (Fsp3) is 0.375. The maximum absolute atomic E-state index is 12.8. The van der Waals surface area contributed by atoms with Crippen LogP contribution in [0.3, 0.4) is 0 Å². The number of Topliss-reactive ketones (excluding diaryl/α,β-unsaturated/α-hetero) is 2. The molecule has 118 valence electrons. The Morgan fingerprint density at radius 1 is 0.826 bits per heavy atom. The lowest BCUT2D eigenvalue weighted by Gasteiger charge is -2.40. The molecule has 1 aliphatic heterocycles. The van der Waals surface area contributed by atoms with E-state index in [1.807, 2.05) is 0 Å². The third kappa shape index (κ3) is 1.93. The molecule has 5 nitrogen and oxygen atoms in total. The summed E-state index contributed by atoms with van der Waals surface area (Å²) in [7, 11) is 0. The summed E-state index contributed by atoms with van der Waals surface area (Å²) in [6.45, 7) is 0. The molecule has 7 heteroatoms. The average molecular weight is 352 g/mol. The van der Waals surface area contributed by atoms with Crippen molar-refractivity contribution in [3.8, 4) is 0 Å². The van der Waals surface area contributed by atoms with E-state index in [1.165, 1.54) is 18.2 Å². The number of ketones is 2. The van der Waals surface area contributed by atoms with Crippen molar-refractivity contribution in [1.82, 2.24) is 0 Å². The number of fused-ring (bicyclic) bond motifs is 2. The fourth-order valence-electron chi connectivity index (χ4n) is 4.06. The first-order valence-corrected chi connectivity index (χ1v) is 8.04. The number of anilines is 1. The van der Waals surface area contributed by atoms with Crippen LogP contribution in [0, 0.1) is 23.7 Å². The molecule has 1 heterocycles. The maximum Gasteiger partial charge on any atom is 0.238 e. The molecule has 0 aromatic heterocycles. The van der Waals surface area contributed by atoms with E-state index in [4.69, 9.17) is 23.2 Å². The summed E-state index contributed by atoms with van der Waals surface area (Å²) in [6.07, 6.45) is 0.137. The van der Waals surface area contributed by atoms with Gasteiger partial charge in [-0.25, -0.2) is 4.90 Å². The van der Waals surface area contributed by atoms with E-state index in [0.717, 1.165) is 4.90 Å². The predicted octanol–water partition coefficient (Wildman–Crippen LogP) is 2.28. The van der Waals surface area contributed by atoms with E-state index in [9.17, 15) is 19.2 Å². The molecule has 4 atom stereocenters. The highest BCUT2D eigenvalue weighted by atomic mass is 35.5. The van der Waals surface area contributed by atoms with Crippen LogP contribution in [0.1, 0.15) is 12.8 Å². The standard InChI is InChI=1S/C16H11Cl2NO4/c17-9-2-1-6(3-10(9)18)19-15(22)13-7-4-11(20)8(5-12(7)21)14(13)16(19)23/h1-3,7-8,13-14H,4-5H2/t7-,8-,13-,14-/m0/s1. The summed E-state index contributed by atoms with van der Waals surface area (Å²) in [5.74, 6) is -3.80. The van der Waals surface area contributed by atoms with Gasteiger partial charge in [-0.15, -0.1) is 0 Å². The van der Waals surface area contributed by atoms with Gasteiger partial charge in [-0.3, -0.25) is 19.2 Å². The van der Waals surface area contributed by atoms with Crippen LogP contribution >= 0.6 is 23.2 Å². The Morgan fingerprint density at radius 3 is 1.83 bits per heavy atom. The van der Waals surface area contributed by atoms with Crippen LogP contribution in [0.15, 0.2) is 18.2 Å². The third-order valence-electron chi connectivity index (χ3n) is 5.10. The molecule has 2 bridgehead atoms. The largest absolute Gasteiger partial charge is 0.299 e. The van der Waals surface area contributed by atoms with Gasteiger partial charge in [0.1, 0.15) is 11.6 Å². The molecule has 0 spiro atoms. The van der Waals surface area contributed by atoms with Crippen LogP contribution in [0.4, 0.5) is 5.69 Å². The summed E-state index contributed by atoms with van der Waals surface area (Å²) in [4.78, 5) is 50.7. The Kier molecular flexibility index (Phi) is 3.15. The molecule has 1 saturated heterocycles. The van der Waals surface area contributed by atoms with Crippen LogP contribution in [-0.2, 0) is 19.2 Å². The molecule has 5 rings (SSSR count). The summed E-state index contributed by atoms with van der Waals surface area (Å²) in [6, 6.07) is 4.49. The highest BCUT2D eigenvalue weighted by Crippen LogP contribution is 2.51. The van der Waals surface area contributed by atoms with E-state index >= 15 is 0 Å². The Hall–Kier alpha value is -1.72. The number of carbonyl (C=O) groups excluding carboxylic acids is 4. The average Bonchev–Trinajstić information content (AvgIpc) is 2.77. The SMILES string of the molecule is O=C1C[C@H]2C(=O)C[C@@H]1[C@@H]1C(=O)N(c3ccc(Cl)c(Cl)c3)C(=O)[C@H]12. The number of rotatable bonds is 1. The molecule has 2 amide bonds. The zero-order valence-electron chi connectivity index (χ0n) is 11.8. The minimum absolute atomic E-state index is 0.0684. The first kappa shape index (κ1) is 14.8. The van der Waals surface area contributed by atoms with Crippen LogP contribution in [0.25, 0.3) is 0 Å². The van der Waals surface area contributed by atoms with Crippen molar-refractivity contribution >= 4 is 52.3 Å². The first-order valence-electron chi connectivity index (χ1n) is 7.28. The summed E-state index contributed by atoms with van der Waals surface area (Å²) >= 11 is 11.8. The van der Waals surface area contributed by atoms with Crippen LogP contribution in [-0.4, -0.2) is 23.4 Å². The number of benzene rings is 1. The van der Waals surface area contributed by atoms with Gasteiger partial charge in [0, 0.05) is 24.7 Å². The van der Waals surface area contributed by atoms with Gasteiger partial charge >= 0.3 is 0 Å². The highest BCUT2D eigenvalue weighted by molar-refractivity contribution is 6.42. The van der Waals surface area contributed by atoms with Gasteiger partial charge in [0.05, 0.1) is 27.6 Å². The first-order chi connectivity index (χ1) is 10.9. The molecular weight excluding hydrogens is 341 g/mol. The number of carbonyl (C=O) groups is 4. The van der Waals surface area contributed by atoms with Crippen molar-refractivity contribution in [2.45, 2.75) is 12.8 Å². The van der Waals surface area contributed by atoms with Crippen molar-refractivity contribution in [3.63, 3.8) is 0 Å². The molecule has 0 unspecified atom stereocenters. The van der Waals surface area contributed by atoms with Gasteiger partial charge < -0.3 is 0 Å². The molecular formula is C16H11Cl2NO4. The molecule has 23 heavy (non-hydrogen) atoms. The monoisotopic (exact) mass is 351 g/mol. The minimum Gasteiger partial charge on any atom is -0.299 e. The van der Waals surface area contributed by atoms with E-state index in [-0.39, 0.29) is 29.4 Å². The molecule has 1 aromatic carbocycles. The zero-order valence-corrected chi connectivity index (χ0v) is 13.3. The van der Waals surface area contributed by atoms with E-state index in [1.54, 1.807) is 0 Å². The van der Waals surface area contributed by atoms with E-state index in [0.29, 0.717) is 10.7 Å². The molecule has 0 radical (unpaired) electrons. The van der Waals surface area contributed by atoms with E-state index < -0.39 is 35.5 Å². The fourth-order valence-corrected chi connectivity index (χ4v) is 4.35. The van der Waals surface area contributed by atoms with Crippen LogP contribution < -0.4 is 4.90 Å². The highest BCUT2D eigenvalue weighted by Gasteiger charge is 2.63. The normalized spacial score (nSPS) is 32.7. The molecule has 4 aliphatic rings. The van der Waals surface area contributed by atoms with Gasteiger partial charge in [-0.2, -0.15) is 0 Å². The topological polar surface area (TPSA) is 71.5 Å². The van der Waals surface area contributed by atoms with Crippen LogP contribution in [0.2, 0.25) is 10.0 Å². The molecule has 4 fully saturated rings. The molecule has 0 N–H and O–H groups in total. The van der Waals surface area contributed by atoms with Crippen molar-refractivity contribution < 1.29 is 19.2 Å². The van der Waals surface area contributed by atoms with Crippen molar-refractivity contribution in [2.75, 3.05) is 4.90 Å². The summed E-state index contributed by atoms with van der Waals surface area (Å²) < 4.78 is 0. The second-order valence-electron chi connectivity index (χ2n) is 6.22. The smallest absolute Gasteiger partial charge is 0.238 e. The number of nitrogens with zero attached hydrogens (tertiary/aromatic N) is 1. The maximum atomic E-state index is 12.8. The Balaban J connectivity index is 1.79. The predicted molar refractivity (Wildman–Crippen MR) is 82.2 cm³/mol. The molecule has 3 aliphatic carbocycles. The zero-order chi connectivity index (χ0) is 16.5. The number of halogens is 2. The van der Waals surface area contributed by atoms with Gasteiger partial charge in [-0.1, -0.05) is 23.2 Å². The lowest BCUT2D eigenvalue weighted by Crippen LogP contribution is -2.51. The van der Waals surface area contributed by atoms with Gasteiger partial charge in [0.2, 0.25) is 11.8 Å². The van der Waals surface area contributed by atoms with Gasteiger partial charge in [-0.05, 0) is 18.2 Å². The van der Waals surface area contributed by atoms with E-state index in [2.05, 4.69) is 0 Å². The van der Waals surface area contributed by atoms with Crippen molar-refractivity contribution in [2.24, 2.45) is 23.7 Å². The minimum atomic E-state index is -0.721. The van der Waals surface area contributed by atoms with Crippen molar-refractivity contribution in [3.05, 3.63) is 28.2 Å². The van der Waals surface area contributed by atoms with Gasteiger partial charge in [0.15, 0.2) is 0 Å². The van der Waals surface area contributed by atoms with Gasteiger partial charge in [0.25, 0.3) is 0 Å². The summed E-state index contributed by atoms with van der Waals surface area (Å²) in [5.41, 5.74) is 0.322. The Labute approximate surface area is 141 Å². The Morgan fingerprint density at radius 2 is 1.35 bits per heavy atom. The molecule has 3 saturated carbocycles. The quantitative estimate of drug-likeness (QED) is 0.727. The van der Waals surface area contributed by atoms with Crippen molar-refractivity contribution in [1.29, 1.82) is 0 Å². The third-order valence-corrected chi connectivity index (χ3v) is 5.83. The van der Waals surface area contributed by atoms with Crippen LogP contribution in [0.5, 0.6) is 0 Å². The molecule has 1 aromatic rings. The lowest BCUT2D eigenvalue weighted by atomic mass is 9.58. The second-order valence-corrected chi connectivity index (χ2v) is 7.03. The number of hydrogen-bond acceptors (Lipinski definition) is 4. The number of hydrogen-bond donors (Lipinski definition) is 0. The Bertz CT molecular complexity index is 750.